The molecule has 3 rings (SSSR count). The molecule has 1 atom stereocenters. The lowest BCUT2D eigenvalue weighted by Gasteiger charge is -2.22. The van der Waals surface area contributed by atoms with E-state index in [1.54, 1.807) is 11.8 Å². The zero-order chi connectivity index (χ0) is 14.0. The minimum atomic E-state index is -1.05. The number of fused-ring (bicyclic) bond motifs is 1. The van der Waals surface area contributed by atoms with Crippen molar-refractivity contribution in [2.24, 2.45) is 0 Å². The molecule has 1 unspecified atom stereocenters. The Morgan fingerprint density at radius 2 is 1.90 bits per heavy atom. The number of hydrogen-bond donors (Lipinski definition) is 1. The fourth-order valence-corrected chi connectivity index (χ4v) is 2.97. The Hall–Kier alpha value is -1.45. The number of aryl methyl sites for hydroxylation is 1. The lowest BCUT2D eigenvalue weighted by molar-refractivity contribution is -0.126. The van der Waals surface area contributed by atoms with Crippen molar-refractivity contribution < 1.29 is 9.84 Å². The van der Waals surface area contributed by atoms with Gasteiger partial charge >= 0.3 is 0 Å². The third-order valence-electron chi connectivity index (χ3n) is 3.70. The Labute approximate surface area is 123 Å². The van der Waals surface area contributed by atoms with Gasteiger partial charge in [-0.05, 0) is 36.4 Å². The number of thioether (sulfide) groups is 1. The van der Waals surface area contributed by atoms with E-state index in [2.05, 4.69) is 30.5 Å². The van der Waals surface area contributed by atoms with Gasteiger partial charge in [0.1, 0.15) is 5.75 Å². The fourth-order valence-electron chi connectivity index (χ4n) is 2.56. The van der Waals surface area contributed by atoms with Crippen molar-refractivity contribution in [1.29, 1.82) is 0 Å². The van der Waals surface area contributed by atoms with Crippen LogP contribution in [0.2, 0.25) is 0 Å². The lowest BCUT2D eigenvalue weighted by atomic mass is 10.0. The first-order chi connectivity index (χ1) is 9.68. The summed E-state index contributed by atoms with van der Waals surface area (Å²) in [6.45, 7) is 0. The molecule has 1 heterocycles. The number of para-hydroxylation sites is 1. The van der Waals surface area contributed by atoms with E-state index in [1.807, 2.05) is 24.3 Å². The molecule has 0 amide bonds. The quantitative estimate of drug-likeness (QED) is 0.870. The minimum absolute atomic E-state index is 0.575. The van der Waals surface area contributed by atoms with Crippen LogP contribution in [0.15, 0.2) is 53.4 Å². The molecule has 0 aromatic heterocycles. The van der Waals surface area contributed by atoms with Gasteiger partial charge in [0.05, 0.1) is 0 Å². The molecule has 0 saturated carbocycles. The van der Waals surface area contributed by atoms with Gasteiger partial charge in [0.25, 0.3) is 0 Å². The van der Waals surface area contributed by atoms with Crippen molar-refractivity contribution in [2.45, 2.75) is 29.9 Å². The number of ether oxygens (including phenoxy) is 1. The zero-order valence-electron chi connectivity index (χ0n) is 11.5. The standard InChI is InChI=1S/C17H18O2S/c1-20-15-8-6-13(7-9-15)10-11-17(18)12-14-4-2-3-5-16(14)19-17/h2-9,18H,10-12H2,1H3. The summed E-state index contributed by atoms with van der Waals surface area (Å²) < 4.78 is 5.71. The highest BCUT2D eigenvalue weighted by Gasteiger charge is 2.36. The molecular weight excluding hydrogens is 268 g/mol. The second-order valence-electron chi connectivity index (χ2n) is 5.18. The van der Waals surface area contributed by atoms with E-state index < -0.39 is 5.79 Å². The lowest BCUT2D eigenvalue weighted by Crippen LogP contribution is -2.34. The molecule has 104 valence electrons. The van der Waals surface area contributed by atoms with Crippen LogP contribution in [0.1, 0.15) is 17.5 Å². The van der Waals surface area contributed by atoms with Crippen LogP contribution in [0.4, 0.5) is 0 Å². The van der Waals surface area contributed by atoms with E-state index in [1.165, 1.54) is 10.5 Å². The van der Waals surface area contributed by atoms with E-state index in [4.69, 9.17) is 4.74 Å². The number of benzene rings is 2. The number of rotatable bonds is 4. The molecule has 1 aliphatic rings. The first kappa shape index (κ1) is 13.5. The molecule has 0 radical (unpaired) electrons. The van der Waals surface area contributed by atoms with Crippen molar-refractivity contribution in [3.05, 3.63) is 59.7 Å². The number of hydrogen-bond acceptors (Lipinski definition) is 3. The molecule has 20 heavy (non-hydrogen) atoms. The SMILES string of the molecule is CSc1ccc(CCC2(O)Cc3ccccc3O2)cc1. The first-order valence-corrected chi connectivity index (χ1v) is 8.03. The molecule has 3 heteroatoms. The smallest absolute Gasteiger partial charge is 0.212 e. The summed E-state index contributed by atoms with van der Waals surface area (Å²) >= 11 is 1.74. The van der Waals surface area contributed by atoms with Crippen LogP contribution in [-0.4, -0.2) is 17.1 Å². The predicted octanol–water partition coefficient (Wildman–Crippen LogP) is 3.66. The number of aliphatic hydroxyl groups is 1. The van der Waals surface area contributed by atoms with E-state index >= 15 is 0 Å². The van der Waals surface area contributed by atoms with Crippen LogP contribution < -0.4 is 4.74 Å². The maximum Gasteiger partial charge on any atom is 0.212 e. The highest BCUT2D eigenvalue weighted by atomic mass is 32.2. The second kappa shape index (κ2) is 5.51. The van der Waals surface area contributed by atoms with Gasteiger partial charge in [0.2, 0.25) is 5.79 Å². The van der Waals surface area contributed by atoms with E-state index in [9.17, 15) is 5.11 Å². The Morgan fingerprint density at radius 3 is 2.60 bits per heavy atom. The van der Waals surface area contributed by atoms with Crippen LogP contribution >= 0.6 is 11.8 Å². The van der Waals surface area contributed by atoms with Gasteiger partial charge in [0.15, 0.2) is 0 Å². The van der Waals surface area contributed by atoms with Gasteiger partial charge in [-0.15, -0.1) is 11.8 Å². The summed E-state index contributed by atoms with van der Waals surface area (Å²) in [6.07, 6.45) is 4.08. The molecule has 0 bridgehead atoms. The summed E-state index contributed by atoms with van der Waals surface area (Å²) in [4.78, 5) is 1.26. The van der Waals surface area contributed by atoms with Crippen LogP contribution in [-0.2, 0) is 12.8 Å². The highest BCUT2D eigenvalue weighted by Crippen LogP contribution is 2.35. The van der Waals surface area contributed by atoms with Gasteiger partial charge < -0.3 is 9.84 Å². The minimum Gasteiger partial charge on any atom is -0.462 e. The average molecular weight is 286 g/mol. The van der Waals surface area contributed by atoms with E-state index in [-0.39, 0.29) is 0 Å². The normalized spacial score (nSPS) is 20.5. The molecular formula is C17H18O2S. The van der Waals surface area contributed by atoms with Gasteiger partial charge in [-0.3, -0.25) is 0 Å². The second-order valence-corrected chi connectivity index (χ2v) is 6.06. The maximum absolute atomic E-state index is 10.5. The molecule has 0 spiro atoms. The highest BCUT2D eigenvalue weighted by molar-refractivity contribution is 7.98. The molecule has 2 aromatic carbocycles. The summed E-state index contributed by atoms with van der Waals surface area (Å²) in [6, 6.07) is 16.3. The molecule has 0 fully saturated rings. The van der Waals surface area contributed by atoms with Gasteiger partial charge in [-0.25, -0.2) is 0 Å². The van der Waals surface area contributed by atoms with Crippen molar-refractivity contribution in [3.8, 4) is 5.75 Å². The Kier molecular flexibility index (Phi) is 3.72. The van der Waals surface area contributed by atoms with Crippen molar-refractivity contribution in [1.82, 2.24) is 0 Å². The molecule has 0 saturated heterocycles. The predicted molar refractivity (Wildman–Crippen MR) is 82.3 cm³/mol. The van der Waals surface area contributed by atoms with Crippen LogP contribution in [0.5, 0.6) is 5.75 Å². The Balaban J connectivity index is 1.64. The van der Waals surface area contributed by atoms with Gasteiger partial charge in [-0.2, -0.15) is 0 Å². The van der Waals surface area contributed by atoms with Crippen molar-refractivity contribution in [3.63, 3.8) is 0 Å². The summed E-state index contributed by atoms with van der Waals surface area (Å²) in [5, 5.41) is 10.5. The topological polar surface area (TPSA) is 29.5 Å². The van der Waals surface area contributed by atoms with Crippen LogP contribution in [0.3, 0.4) is 0 Å². The maximum atomic E-state index is 10.5. The van der Waals surface area contributed by atoms with Gasteiger partial charge in [-0.1, -0.05) is 30.3 Å². The Morgan fingerprint density at radius 1 is 1.15 bits per heavy atom. The fraction of sp³-hybridized carbons (Fsp3) is 0.294. The van der Waals surface area contributed by atoms with E-state index in [0.29, 0.717) is 12.8 Å². The third-order valence-corrected chi connectivity index (χ3v) is 4.45. The van der Waals surface area contributed by atoms with Crippen LogP contribution in [0, 0.1) is 0 Å². The first-order valence-electron chi connectivity index (χ1n) is 6.81. The molecule has 2 aromatic rings. The summed E-state index contributed by atoms with van der Waals surface area (Å²) in [7, 11) is 0. The van der Waals surface area contributed by atoms with Crippen LogP contribution in [0.25, 0.3) is 0 Å². The monoisotopic (exact) mass is 286 g/mol. The Bertz CT molecular complexity index is 567. The molecule has 1 aliphatic heterocycles. The summed E-state index contributed by atoms with van der Waals surface area (Å²) in [5.74, 6) is -0.241. The molecule has 2 nitrogen and oxygen atoms in total. The average Bonchev–Trinajstić information content (AvgIpc) is 2.82. The molecule has 0 aliphatic carbocycles. The largest absolute Gasteiger partial charge is 0.462 e. The molecule has 1 N–H and O–H groups in total. The van der Waals surface area contributed by atoms with Crippen molar-refractivity contribution in [2.75, 3.05) is 6.26 Å². The van der Waals surface area contributed by atoms with Gasteiger partial charge in [0, 0.05) is 23.3 Å². The third kappa shape index (κ3) is 2.84. The zero-order valence-corrected chi connectivity index (χ0v) is 12.3. The summed E-state index contributed by atoms with van der Waals surface area (Å²) in [5.41, 5.74) is 2.32. The van der Waals surface area contributed by atoms with Crippen molar-refractivity contribution >= 4 is 11.8 Å². The van der Waals surface area contributed by atoms with E-state index in [0.717, 1.165) is 17.7 Å².